The summed E-state index contributed by atoms with van der Waals surface area (Å²) in [7, 11) is 1.63. The van der Waals surface area contributed by atoms with Crippen LogP contribution in [0.4, 0.5) is 0 Å². The quantitative estimate of drug-likeness (QED) is 0.0174. The Morgan fingerprint density at radius 1 is 0.536 bits per heavy atom. The van der Waals surface area contributed by atoms with Crippen molar-refractivity contribution in [3.63, 3.8) is 0 Å². The summed E-state index contributed by atoms with van der Waals surface area (Å²) in [5, 5.41) is 18.5. The minimum absolute atomic E-state index is 0.0880. The number of methoxy groups -OCH3 is 1. The predicted octanol–water partition coefficient (Wildman–Crippen LogP) is 14.3. The first-order chi connectivity index (χ1) is 41.0. The van der Waals surface area contributed by atoms with Gasteiger partial charge in [0.1, 0.15) is 36.4 Å². The summed E-state index contributed by atoms with van der Waals surface area (Å²) in [6.07, 6.45) is 42.5. The zero-order valence-corrected chi connectivity index (χ0v) is 60.8. The molecule has 13 nitrogen and oxygen atoms in total. The van der Waals surface area contributed by atoms with Gasteiger partial charge in [0.2, 0.25) is 11.8 Å². The first-order valence-electron chi connectivity index (χ1n) is 34.4. The number of aliphatic hydroxyl groups is 1. The number of allylic oxidation sites excluding steroid dienone is 2. The van der Waals surface area contributed by atoms with E-state index < -0.39 is 60.9 Å². The summed E-state index contributed by atoms with van der Waals surface area (Å²) in [4.78, 5) is 52.8. The maximum absolute atomic E-state index is 14.0. The third-order valence-electron chi connectivity index (χ3n) is 17.0. The second kappa shape index (κ2) is 58.0. The summed E-state index contributed by atoms with van der Waals surface area (Å²) in [5.74, 6) is -0.909. The van der Waals surface area contributed by atoms with Crippen molar-refractivity contribution in [3.8, 4) is 0 Å². The van der Waals surface area contributed by atoms with Gasteiger partial charge in [-0.15, -0.1) is 0 Å². The Morgan fingerprint density at radius 2 is 1.00 bits per heavy atom. The number of carbonyl (C=O) groups is 4. The Hall–Kier alpha value is -0.0700. The van der Waals surface area contributed by atoms with Crippen LogP contribution in [0.5, 0.6) is 0 Å². The van der Waals surface area contributed by atoms with Crippen LogP contribution in [0, 0.1) is 11.8 Å². The number of nitrogens with one attached hydrogen (secondary N) is 2. The van der Waals surface area contributed by atoms with Crippen molar-refractivity contribution >= 4 is 61.1 Å². The monoisotopic (exact) mass is 1530 g/mol. The molecule has 3 N–H and O–H groups in total. The van der Waals surface area contributed by atoms with Gasteiger partial charge in [-0.1, -0.05) is 227 Å². The second-order valence-corrected chi connectivity index (χ2v) is 40.7. The minimum atomic E-state index is -1.19. The van der Waals surface area contributed by atoms with Gasteiger partial charge in [-0.05, 0) is 64.7 Å². The fraction of sp³-hybridized carbons (Fsp3) is 0.912. The van der Waals surface area contributed by atoms with Crippen molar-refractivity contribution in [2.45, 2.75) is 353 Å². The van der Waals surface area contributed by atoms with E-state index in [1.807, 2.05) is 13.8 Å². The van der Waals surface area contributed by atoms with Crippen molar-refractivity contribution in [1.29, 1.82) is 0 Å². The molecule has 11 atom stereocenters. The fourth-order valence-corrected chi connectivity index (χ4v) is 11.7. The fourth-order valence-electron chi connectivity index (χ4n) is 11.7. The zero-order valence-electron chi connectivity index (χ0n) is 54.4. The van der Waals surface area contributed by atoms with E-state index in [1.165, 1.54) is 141 Å². The average molecular weight is 1530 g/mol. The van der Waals surface area contributed by atoms with E-state index in [0.29, 0.717) is 45.7 Å². The van der Waals surface area contributed by atoms with Gasteiger partial charge in [-0.25, -0.2) is 0 Å². The van der Waals surface area contributed by atoms with Gasteiger partial charge in [0.05, 0.1) is 44.0 Å². The molecule has 2 saturated heterocycles. The van der Waals surface area contributed by atoms with E-state index in [2.05, 4.69) is 87.7 Å². The number of hydrogen-bond acceptors (Lipinski definition) is 11. The molecule has 2 aliphatic heterocycles. The topological polar surface area (TPSA) is 168 Å². The molecule has 0 saturated carbocycles. The van der Waals surface area contributed by atoms with E-state index in [9.17, 15) is 24.3 Å². The van der Waals surface area contributed by atoms with Gasteiger partial charge >= 0.3 is 50.5 Å². The van der Waals surface area contributed by atoms with Crippen LogP contribution in [-0.4, -0.2) is 118 Å². The van der Waals surface area contributed by atoms with Crippen LogP contribution < -0.4 is 23.9 Å². The summed E-state index contributed by atoms with van der Waals surface area (Å²) in [6, 6.07) is -1.41. The standard InChI is InChI=1S/C68H126N2O11.I3/c1-8-12-16-20-23-26-27-28-29-30-31-33-35-39-43-47-61(73)69-64-66(78-50-48-57(52-71)45-41-37-19-15-11-4)55(5)59(53-76-7)81-68(64)79-54-60-65(75)67(77-49-44-40-36-25-22-18-14-10-3)63(56(6)80-60)70-62(74)51-58(72)46-42-38-34-32-24-21-17-13-9-2;1-3-2/h26-27,52,55-57,59-60,63-68,75H,8-25,28-51,53-54H2,1-7H3,(H,69,73)(H,70,74);/q;-1/b27-26-;. The molecule has 0 radical (unpaired) electrons. The van der Waals surface area contributed by atoms with Crippen molar-refractivity contribution in [2.24, 2.45) is 11.8 Å². The van der Waals surface area contributed by atoms with Crippen molar-refractivity contribution < 1.29 is 66.0 Å². The number of amides is 2. The van der Waals surface area contributed by atoms with Gasteiger partial charge in [0.15, 0.2) is 6.29 Å². The number of ether oxygens (including phenoxy) is 6. The average Bonchev–Trinajstić information content (AvgIpc) is 3.65. The van der Waals surface area contributed by atoms with Gasteiger partial charge in [-0.2, -0.15) is 0 Å². The predicted molar refractivity (Wildman–Crippen MR) is 358 cm³/mol. The molecule has 2 aliphatic rings. The number of unbranched alkanes of at least 4 members (excludes halogenated alkanes) is 30. The molecule has 2 amide bonds. The molecule has 0 aromatic rings. The van der Waals surface area contributed by atoms with Crippen LogP contribution in [0.3, 0.4) is 0 Å². The Balaban J connectivity index is 0.0000115. The number of hydrogen-bond donors (Lipinski definition) is 3. The van der Waals surface area contributed by atoms with Crippen LogP contribution in [0.15, 0.2) is 12.2 Å². The Kier molecular flexibility index (Phi) is 56.6. The normalized spacial score (nSPS) is 22.9. The van der Waals surface area contributed by atoms with Crippen molar-refractivity contribution in [2.75, 3.05) is 33.5 Å². The van der Waals surface area contributed by atoms with E-state index in [1.54, 1.807) is 7.11 Å². The molecule has 2 fully saturated rings. The molecular formula is C68H126I3N2O11-. The molecule has 0 spiro atoms. The first kappa shape index (κ1) is 81.9. The number of Topliss-reactive ketones (excluding diaryl/α,β-unsaturated/α-hetero) is 1. The Morgan fingerprint density at radius 3 is 1.54 bits per heavy atom. The first-order valence-corrected chi connectivity index (χ1v) is 46.9. The maximum atomic E-state index is 14.0. The van der Waals surface area contributed by atoms with E-state index in [0.717, 1.165) is 96.2 Å². The molecule has 16 heteroatoms. The van der Waals surface area contributed by atoms with Crippen LogP contribution in [0.1, 0.15) is 298 Å². The third kappa shape index (κ3) is 41.3. The number of halogens is 3. The molecule has 0 aromatic heterocycles. The molecule has 0 bridgehead atoms. The number of aldehydes is 1. The number of rotatable bonds is 55. The molecule has 0 aliphatic carbocycles. The SMILES string of the molecule is CCCCCC/C=C\CCCCCCCCCC(=O)NC1C(OCC2OC(C)C(NC(=O)CC(=O)CCCCCCCCCCC)C(OCCCCCCCCCC)C2O)OC(COC)C(C)C1OCCC(C=O)CCCCCCC.I[I-]I. The van der Waals surface area contributed by atoms with Crippen LogP contribution in [0.25, 0.3) is 0 Å². The molecule has 2 rings (SSSR count). The Bertz CT molecular complexity index is 1590. The number of aliphatic hydroxyl groups excluding tert-OH is 1. The molecular weight excluding hydrogens is 1400 g/mol. The summed E-state index contributed by atoms with van der Waals surface area (Å²) >= 11 is 5.30. The van der Waals surface area contributed by atoms with E-state index in [-0.39, 0.29) is 43.2 Å². The molecule has 11 unspecified atom stereocenters. The van der Waals surface area contributed by atoms with Crippen LogP contribution in [-0.2, 0) is 47.6 Å². The van der Waals surface area contributed by atoms with Crippen molar-refractivity contribution in [3.05, 3.63) is 12.2 Å². The summed E-state index contributed by atoms with van der Waals surface area (Å²) in [6.45, 7) is 13.7. The molecule has 84 heavy (non-hydrogen) atoms. The van der Waals surface area contributed by atoms with Crippen molar-refractivity contribution in [1.82, 2.24) is 10.6 Å². The number of ketones is 1. The molecule has 0 aromatic carbocycles. The number of carbonyl (C=O) groups excluding carboxylic acids is 4. The van der Waals surface area contributed by atoms with Crippen LogP contribution >= 0.6 is 37.2 Å². The van der Waals surface area contributed by atoms with E-state index in [4.69, 9.17) is 28.4 Å². The van der Waals surface area contributed by atoms with Gasteiger partial charge in [0, 0.05) is 45.0 Å². The zero-order chi connectivity index (χ0) is 61.7. The van der Waals surface area contributed by atoms with Gasteiger partial charge < -0.3 is 49.0 Å². The van der Waals surface area contributed by atoms with Crippen LogP contribution in [0.2, 0.25) is 0 Å². The Labute approximate surface area is 544 Å². The summed E-state index contributed by atoms with van der Waals surface area (Å²) < 4.78 is 38.8. The second-order valence-electron chi connectivity index (χ2n) is 24.5. The summed E-state index contributed by atoms with van der Waals surface area (Å²) in [5.41, 5.74) is 0. The van der Waals surface area contributed by atoms with Gasteiger partial charge in [-0.3, -0.25) is 14.4 Å². The third-order valence-corrected chi connectivity index (χ3v) is 17.0. The molecule has 496 valence electrons. The van der Waals surface area contributed by atoms with Gasteiger partial charge in [0.25, 0.3) is 0 Å². The molecule has 2 heterocycles. The van der Waals surface area contributed by atoms with E-state index >= 15 is 0 Å².